The molecular formula is C14H15NO5. The van der Waals surface area contributed by atoms with Crippen LogP contribution in [0.1, 0.15) is 12.5 Å². The zero-order chi connectivity index (χ0) is 14.7. The summed E-state index contributed by atoms with van der Waals surface area (Å²) in [5.41, 5.74) is 6.34. The van der Waals surface area contributed by atoms with Gasteiger partial charge in [-0.05, 0) is 19.1 Å². The van der Waals surface area contributed by atoms with Crippen molar-refractivity contribution in [1.82, 2.24) is 0 Å². The fourth-order valence-corrected chi connectivity index (χ4v) is 1.78. The van der Waals surface area contributed by atoms with Gasteiger partial charge in [-0.25, -0.2) is 0 Å². The summed E-state index contributed by atoms with van der Waals surface area (Å²) in [6, 6.07) is 5.31. The number of rotatable bonds is 5. The Morgan fingerprint density at radius 1 is 1.40 bits per heavy atom. The molecule has 1 aromatic heterocycles. The summed E-state index contributed by atoms with van der Waals surface area (Å²) >= 11 is 0. The molecule has 0 spiro atoms. The quantitative estimate of drug-likeness (QED) is 0.834. The molecule has 20 heavy (non-hydrogen) atoms. The van der Waals surface area contributed by atoms with E-state index in [4.69, 9.17) is 19.6 Å². The third kappa shape index (κ3) is 2.90. The number of benzene rings is 1. The first-order chi connectivity index (χ1) is 9.51. The van der Waals surface area contributed by atoms with E-state index in [1.807, 2.05) is 0 Å². The van der Waals surface area contributed by atoms with Crippen molar-refractivity contribution in [2.24, 2.45) is 5.73 Å². The lowest BCUT2D eigenvalue weighted by Gasteiger charge is -2.08. The molecule has 6 heteroatoms. The van der Waals surface area contributed by atoms with Gasteiger partial charge in [0.15, 0.2) is 6.10 Å². The van der Waals surface area contributed by atoms with Gasteiger partial charge in [-0.15, -0.1) is 0 Å². The first kappa shape index (κ1) is 13.9. The number of carbonyl (C=O) groups excluding carboxylic acids is 2. The van der Waals surface area contributed by atoms with E-state index in [1.54, 1.807) is 25.3 Å². The molecule has 0 radical (unpaired) electrons. The molecule has 0 aliphatic carbocycles. The predicted octanol–water partition coefficient (Wildman–Crippen LogP) is 1.40. The molecule has 106 valence electrons. The van der Waals surface area contributed by atoms with Gasteiger partial charge in [0, 0.05) is 17.0 Å². The highest BCUT2D eigenvalue weighted by Gasteiger charge is 2.17. The highest BCUT2D eigenvalue weighted by molar-refractivity contribution is 5.88. The van der Waals surface area contributed by atoms with E-state index in [9.17, 15) is 9.59 Å². The van der Waals surface area contributed by atoms with Crippen LogP contribution >= 0.6 is 0 Å². The van der Waals surface area contributed by atoms with Crippen LogP contribution in [0.2, 0.25) is 0 Å². The number of methoxy groups -OCH3 is 1. The molecular weight excluding hydrogens is 262 g/mol. The molecule has 0 aliphatic rings. The monoisotopic (exact) mass is 277 g/mol. The molecule has 6 nitrogen and oxygen atoms in total. The zero-order valence-electron chi connectivity index (χ0n) is 11.2. The molecule has 1 amide bonds. The molecule has 0 unspecified atom stereocenters. The lowest BCUT2D eigenvalue weighted by molar-refractivity contribution is -0.153. The molecule has 2 aromatic rings. The van der Waals surface area contributed by atoms with E-state index in [-0.39, 0.29) is 6.42 Å². The van der Waals surface area contributed by atoms with Crippen molar-refractivity contribution < 1.29 is 23.5 Å². The highest BCUT2D eigenvalue weighted by atomic mass is 16.5. The van der Waals surface area contributed by atoms with Crippen LogP contribution in [-0.2, 0) is 20.7 Å². The molecule has 1 atom stereocenters. The summed E-state index contributed by atoms with van der Waals surface area (Å²) in [6.45, 7) is 1.43. The second-order valence-electron chi connectivity index (χ2n) is 4.33. The van der Waals surface area contributed by atoms with Crippen LogP contribution in [0.4, 0.5) is 0 Å². The van der Waals surface area contributed by atoms with E-state index in [0.717, 1.165) is 5.39 Å². The van der Waals surface area contributed by atoms with Gasteiger partial charge in [0.2, 0.25) is 0 Å². The second kappa shape index (κ2) is 5.64. The summed E-state index contributed by atoms with van der Waals surface area (Å²) in [7, 11) is 1.56. The molecule has 2 N–H and O–H groups in total. The van der Waals surface area contributed by atoms with Crippen molar-refractivity contribution >= 4 is 22.8 Å². The van der Waals surface area contributed by atoms with Gasteiger partial charge in [0.1, 0.15) is 11.3 Å². The summed E-state index contributed by atoms with van der Waals surface area (Å²) in [5, 5.41) is 0.800. The van der Waals surface area contributed by atoms with E-state index in [0.29, 0.717) is 16.9 Å². The molecule has 1 heterocycles. The number of furan rings is 1. The maximum Gasteiger partial charge on any atom is 0.311 e. The van der Waals surface area contributed by atoms with Crippen LogP contribution < -0.4 is 10.5 Å². The van der Waals surface area contributed by atoms with E-state index >= 15 is 0 Å². The Hall–Kier alpha value is -2.50. The Labute approximate surface area is 115 Å². The van der Waals surface area contributed by atoms with E-state index < -0.39 is 18.0 Å². The Bertz CT molecular complexity index is 646. The lowest BCUT2D eigenvalue weighted by Crippen LogP contribution is -2.30. The number of carbonyl (C=O) groups is 2. The molecule has 0 fully saturated rings. The first-order valence-corrected chi connectivity index (χ1v) is 6.04. The van der Waals surface area contributed by atoms with Crippen molar-refractivity contribution in [1.29, 1.82) is 0 Å². The van der Waals surface area contributed by atoms with Crippen LogP contribution in [0.25, 0.3) is 11.0 Å². The van der Waals surface area contributed by atoms with Gasteiger partial charge in [0.25, 0.3) is 5.91 Å². The Balaban J connectivity index is 2.14. The fourth-order valence-electron chi connectivity index (χ4n) is 1.78. The first-order valence-electron chi connectivity index (χ1n) is 6.04. The Morgan fingerprint density at radius 2 is 2.15 bits per heavy atom. The number of esters is 1. The average molecular weight is 277 g/mol. The highest BCUT2D eigenvalue weighted by Crippen LogP contribution is 2.26. The molecule has 2 rings (SSSR count). The van der Waals surface area contributed by atoms with Gasteiger partial charge in [-0.3, -0.25) is 9.59 Å². The number of ether oxygens (including phenoxy) is 2. The molecule has 0 saturated carbocycles. The number of hydrogen-bond acceptors (Lipinski definition) is 5. The largest absolute Gasteiger partial charge is 0.497 e. The normalized spacial score (nSPS) is 12.1. The summed E-state index contributed by atoms with van der Waals surface area (Å²) in [4.78, 5) is 22.5. The Kier molecular flexibility index (Phi) is 3.93. The molecule has 0 saturated heterocycles. The van der Waals surface area contributed by atoms with Gasteiger partial charge >= 0.3 is 5.97 Å². The minimum absolute atomic E-state index is 0.0109. The average Bonchev–Trinajstić information content (AvgIpc) is 2.80. The second-order valence-corrected chi connectivity index (χ2v) is 4.33. The third-order valence-corrected chi connectivity index (χ3v) is 2.91. The van der Waals surface area contributed by atoms with Gasteiger partial charge < -0.3 is 19.6 Å². The van der Waals surface area contributed by atoms with Gasteiger partial charge in [0.05, 0.1) is 19.8 Å². The van der Waals surface area contributed by atoms with E-state index in [2.05, 4.69) is 0 Å². The SMILES string of the molecule is COc1ccc2c(CC(=O)O[C@@H](C)C(N)=O)coc2c1. The standard InChI is InChI=1S/C14H15NO5/c1-8(14(15)17)20-13(16)5-9-7-19-12-6-10(18-2)3-4-11(9)12/h3-4,6-8H,5H2,1-2H3,(H2,15,17)/t8-/m0/s1. The van der Waals surface area contributed by atoms with Crippen molar-refractivity contribution in [3.05, 3.63) is 30.0 Å². The number of fused-ring (bicyclic) bond motifs is 1. The molecule has 1 aromatic carbocycles. The van der Waals surface area contributed by atoms with E-state index in [1.165, 1.54) is 13.2 Å². The minimum atomic E-state index is -0.944. The maximum absolute atomic E-state index is 11.7. The van der Waals surface area contributed by atoms with Crippen molar-refractivity contribution in [3.8, 4) is 5.75 Å². The van der Waals surface area contributed by atoms with Crippen molar-refractivity contribution in [3.63, 3.8) is 0 Å². The smallest absolute Gasteiger partial charge is 0.311 e. The third-order valence-electron chi connectivity index (χ3n) is 2.91. The molecule has 0 aliphatic heterocycles. The minimum Gasteiger partial charge on any atom is -0.497 e. The summed E-state index contributed by atoms with van der Waals surface area (Å²) in [5.74, 6) is -0.543. The van der Waals surface area contributed by atoms with Crippen LogP contribution in [0.3, 0.4) is 0 Å². The number of nitrogens with two attached hydrogens (primary N) is 1. The van der Waals surface area contributed by atoms with Crippen LogP contribution in [0, 0.1) is 0 Å². The number of hydrogen-bond donors (Lipinski definition) is 1. The van der Waals surface area contributed by atoms with Gasteiger partial charge in [-0.2, -0.15) is 0 Å². The topological polar surface area (TPSA) is 91.8 Å². The van der Waals surface area contributed by atoms with Crippen LogP contribution in [-0.4, -0.2) is 25.1 Å². The van der Waals surface area contributed by atoms with Crippen LogP contribution in [0.5, 0.6) is 5.75 Å². The molecule has 0 bridgehead atoms. The summed E-state index contributed by atoms with van der Waals surface area (Å²) < 4.78 is 15.4. The summed E-state index contributed by atoms with van der Waals surface area (Å²) in [6.07, 6.45) is 0.554. The predicted molar refractivity (Wildman–Crippen MR) is 71.2 cm³/mol. The fraction of sp³-hybridized carbons (Fsp3) is 0.286. The van der Waals surface area contributed by atoms with Crippen LogP contribution in [0.15, 0.2) is 28.9 Å². The number of amides is 1. The van der Waals surface area contributed by atoms with Crippen molar-refractivity contribution in [2.45, 2.75) is 19.4 Å². The van der Waals surface area contributed by atoms with Crippen molar-refractivity contribution in [2.75, 3.05) is 7.11 Å². The maximum atomic E-state index is 11.7. The number of primary amides is 1. The Morgan fingerprint density at radius 3 is 2.80 bits per heavy atom. The lowest BCUT2D eigenvalue weighted by atomic mass is 10.1. The zero-order valence-corrected chi connectivity index (χ0v) is 11.2. The van der Waals surface area contributed by atoms with Gasteiger partial charge in [-0.1, -0.05) is 0 Å².